The molecule has 3 amide bonds. The number of nitrogens with one attached hydrogen (secondary N) is 4. The topological polar surface area (TPSA) is 179 Å². The summed E-state index contributed by atoms with van der Waals surface area (Å²) in [4.78, 5) is 55.5. The Kier molecular flexibility index (Phi) is 10.7. The van der Waals surface area contributed by atoms with Crippen molar-refractivity contribution in [2.45, 2.75) is 65.1 Å². The number of carboxylic acid groups (broad SMARTS) is 1. The van der Waals surface area contributed by atoms with E-state index in [-0.39, 0.29) is 24.8 Å². The minimum atomic E-state index is -1.15. The summed E-state index contributed by atoms with van der Waals surface area (Å²) in [6, 6.07) is -2.89. The highest BCUT2D eigenvalue weighted by Crippen LogP contribution is 2.09. The predicted octanol–water partition coefficient (Wildman–Crippen LogP) is -0.458. The van der Waals surface area contributed by atoms with Crippen LogP contribution in [0.1, 0.15) is 46.2 Å². The highest BCUT2D eigenvalue weighted by Gasteiger charge is 2.30. The van der Waals surface area contributed by atoms with Crippen molar-refractivity contribution in [3.63, 3.8) is 0 Å². The molecule has 0 aliphatic rings. The van der Waals surface area contributed by atoms with Crippen LogP contribution in [0.15, 0.2) is 12.5 Å². The quantitative estimate of drug-likeness (QED) is 0.241. The Morgan fingerprint density at radius 1 is 1.10 bits per heavy atom. The largest absolute Gasteiger partial charge is 0.480 e. The van der Waals surface area contributed by atoms with Crippen LogP contribution in [0.25, 0.3) is 0 Å². The van der Waals surface area contributed by atoms with Crippen molar-refractivity contribution in [3.8, 4) is 0 Å². The van der Waals surface area contributed by atoms with E-state index in [4.69, 9.17) is 5.73 Å². The molecule has 1 aromatic rings. The van der Waals surface area contributed by atoms with E-state index in [1.165, 1.54) is 12.5 Å². The molecule has 0 fully saturated rings. The molecule has 11 nitrogen and oxygen atoms in total. The fourth-order valence-electron chi connectivity index (χ4n) is 2.81. The molecule has 0 aromatic carbocycles. The number of carboxylic acids is 1. The second kappa shape index (κ2) is 12.7. The van der Waals surface area contributed by atoms with Gasteiger partial charge in [0.05, 0.1) is 18.9 Å². The number of hydrogen-bond acceptors (Lipinski definition) is 6. The predicted molar refractivity (Wildman–Crippen MR) is 114 cm³/mol. The maximum Gasteiger partial charge on any atom is 0.326 e. The van der Waals surface area contributed by atoms with Crippen molar-refractivity contribution in [2.24, 2.45) is 17.6 Å². The first kappa shape index (κ1) is 26.1. The Morgan fingerprint density at radius 3 is 2.26 bits per heavy atom. The van der Waals surface area contributed by atoms with Crippen LogP contribution in [-0.4, -0.2) is 63.4 Å². The van der Waals surface area contributed by atoms with E-state index in [9.17, 15) is 24.3 Å². The van der Waals surface area contributed by atoms with Crippen molar-refractivity contribution >= 4 is 23.7 Å². The molecule has 0 spiro atoms. The van der Waals surface area contributed by atoms with Crippen molar-refractivity contribution in [1.29, 1.82) is 0 Å². The van der Waals surface area contributed by atoms with E-state index < -0.39 is 41.8 Å². The van der Waals surface area contributed by atoms with Crippen LogP contribution in [0.4, 0.5) is 0 Å². The average Bonchev–Trinajstić information content (AvgIpc) is 3.26. The van der Waals surface area contributed by atoms with Gasteiger partial charge in [-0.1, -0.05) is 40.5 Å². The number of amides is 3. The van der Waals surface area contributed by atoms with E-state index in [0.717, 1.165) is 0 Å². The van der Waals surface area contributed by atoms with Crippen LogP contribution in [0, 0.1) is 11.8 Å². The molecule has 5 atom stereocenters. The van der Waals surface area contributed by atoms with Crippen LogP contribution in [0.2, 0.25) is 0 Å². The smallest absolute Gasteiger partial charge is 0.326 e. The molecule has 0 saturated carbocycles. The maximum absolute atomic E-state index is 12.8. The Hall–Kier alpha value is -2.95. The average molecular weight is 439 g/mol. The van der Waals surface area contributed by atoms with Crippen molar-refractivity contribution in [2.75, 3.05) is 6.54 Å². The molecule has 1 heterocycles. The lowest BCUT2D eigenvalue weighted by Gasteiger charge is -2.24. The number of nitrogens with zero attached hydrogens (tertiary/aromatic N) is 1. The SMILES string of the molecule is CCC(C)C(N)C(=O)NCC(=O)NC(Cc1cnc[nH]1)C(=O)NC(C(=O)O)C(C)CC. The summed E-state index contributed by atoms with van der Waals surface area (Å²) in [5.41, 5.74) is 6.43. The van der Waals surface area contributed by atoms with Crippen LogP contribution < -0.4 is 21.7 Å². The molecule has 31 heavy (non-hydrogen) atoms. The number of nitrogens with two attached hydrogens (primary N) is 1. The van der Waals surface area contributed by atoms with E-state index in [1.54, 1.807) is 6.92 Å². The minimum absolute atomic E-state index is 0.0459. The Balaban J connectivity index is 2.81. The number of carbonyl (C=O) groups is 4. The molecule has 0 aliphatic carbocycles. The second-order valence-corrected chi connectivity index (χ2v) is 7.74. The fourth-order valence-corrected chi connectivity index (χ4v) is 2.81. The van der Waals surface area contributed by atoms with Gasteiger partial charge in [0.2, 0.25) is 17.7 Å². The first-order valence-electron chi connectivity index (χ1n) is 10.4. The Bertz CT molecular complexity index is 738. The van der Waals surface area contributed by atoms with Gasteiger partial charge in [-0.05, 0) is 11.8 Å². The van der Waals surface area contributed by atoms with Gasteiger partial charge >= 0.3 is 5.97 Å². The van der Waals surface area contributed by atoms with Crippen LogP contribution in [-0.2, 0) is 25.6 Å². The number of hydrogen-bond donors (Lipinski definition) is 6. The first-order chi connectivity index (χ1) is 14.6. The van der Waals surface area contributed by atoms with Gasteiger partial charge < -0.3 is 31.8 Å². The lowest BCUT2D eigenvalue weighted by molar-refractivity contribution is -0.143. The maximum atomic E-state index is 12.8. The number of aliphatic carboxylic acids is 1. The third-order valence-corrected chi connectivity index (χ3v) is 5.39. The molecular weight excluding hydrogens is 404 g/mol. The number of imidazole rings is 1. The molecule has 1 aromatic heterocycles. The number of aromatic amines is 1. The molecule has 0 bridgehead atoms. The summed E-state index contributed by atoms with van der Waals surface area (Å²) in [5.74, 6) is -3.19. The third-order valence-electron chi connectivity index (χ3n) is 5.39. The summed E-state index contributed by atoms with van der Waals surface area (Å²) in [6.45, 7) is 6.93. The monoisotopic (exact) mass is 438 g/mol. The molecule has 1 rings (SSSR count). The highest BCUT2D eigenvalue weighted by molar-refractivity contribution is 5.92. The van der Waals surface area contributed by atoms with E-state index in [2.05, 4.69) is 25.9 Å². The Labute approximate surface area is 181 Å². The van der Waals surface area contributed by atoms with Crippen LogP contribution in [0.5, 0.6) is 0 Å². The zero-order valence-electron chi connectivity index (χ0n) is 18.5. The highest BCUT2D eigenvalue weighted by atomic mass is 16.4. The molecular formula is C20H34N6O5. The van der Waals surface area contributed by atoms with E-state index in [1.807, 2.05) is 20.8 Å². The lowest BCUT2D eigenvalue weighted by atomic mass is 9.98. The molecule has 0 saturated heterocycles. The number of aromatic nitrogens is 2. The summed E-state index contributed by atoms with van der Waals surface area (Å²) in [5, 5.41) is 16.9. The van der Waals surface area contributed by atoms with Gasteiger partial charge in [0.25, 0.3) is 0 Å². The van der Waals surface area contributed by atoms with Gasteiger partial charge in [0.1, 0.15) is 12.1 Å². The van der Waals surface area contributed by atoms with Crippen LogP contribution in [0.3, 0.4) is 0 Å². The molecule has 0 aliphatic heterocycles. The normalized spacial score (nSPS) is 15.8. The fraction of sp³-hybridized carbons (Fsp3) is 0.650. The van der Waals surface area contributed by atoms with E-state index >= 15 is 0 Å². The molecule has 11 heteroatoms. The van der Waals surface area contributed by atoms with E-state index in [0.29, 0.717) is 18.5 Å². The third kappa shape index (κ3) is 8.36. The van der Waals surface area contributed by atoms with Gasteiger partial charge in [-0.15, -0.1) is 0 Å². The van der Waals surface area contributed by atoms with Gasteiger partial charge in [-0.3, -0.25) is 14.4 Å². The van der Waals surface area contributed by atoms with Gasteiger partial charge in [0, 0.05) is 18.3 Å². The number of H-pyrrole nitrogens is 1. The number of rotatable bonds is 13. The summed E-state index contributed by atoms with van der Waals surface area (Å²) >= 11 is 0. The molecule has 7 N–H and O–H groups in total. The minimum Gasteiger partial charge on any atom is -0.480 e. The van der Waals surface area contributed by atoms with Gasteiger partial charge in [-0.25, -0.2) is 9.78 Å². The summed E-state index contributed by atoms with van der Waals surface area (Å²) in [7, 11) is 0. The number of carbonyl (C=O) groups excluding carboxylic acids is 3. The lowest BCUT2D eigenvalue weighted by Crippen LogP contribution is -2.55. The summed E-state index contributed by atoms with van der Waals surface area (Å²) < 4.78 is 0. The Morgan fingerprint density at radius 2 is 1.74 bits per heavy atom. The second-order valence-electron chi connectivity index (χ2n) is 7.74. The standard InChI is InChI=1S/C20H34N6O5/c1-5-11(3)16(21)19(29)23-9-15(27)25-14(7-13-8-22-10-24-13)18(28)26-17(20(30)31)12(4)6-2/h8,10-12,14,16-17H,5-7,9,21H2,1-4H3,(H,22,24)(H,23,29)(H,25,27)(H,26,28)(H,30,31). The zero-order valence-corrected chi connectivity index (χ0v) is 18.5. The van der Waals surface area contributed by atoms with Gasteiger partial charge in [0.15, 0.2) is 0 Å². The molecule has 5 unspecified atom stereocenters. The van der Waals surface area contributed by atoms with Crippen molar-refractivity contribution < 1.29 is 24.3 Å². The zero-order chi connectivity index (χ0) is 23.6. The van der Waals surface area contributed by atoms with Crippen molar-refractivity contribution in [3.05, 3.63) is 18.2 Å². The first-order valence-corrected chi connectivity index (χ1v) is 10.4. The molecule has 0 radical (unpaired) electrons. The van der Waals surface area contributed by atoms with Crippen molar-refractivity contribution in [1.82, 2.24) is 25.9 Å². The molecule has 174 valence electrons. The summed E-state index contributed by atoms with van der Waals surface area (Å²) in [6.07, 6.45) is 4.28. The van der Waals surface area contributed by atoms with Crippen LogP contribution >= 0.6 is 0 Å². The van der Waals surface area contributed by atoms with Gasteiger partial charge in [-0.2, -0.15) is 0 Å².